The molecule has 2 heterocycles. The minimum absolute atomic E-state index is 0.638. The molecule has 1 aliphatic heterocycles. The molecule has 0 unspecified atom stereocenters. The predicted molar refractivity (Wildman–Crippen MR) is 66.1 cm³/mol. The third kappa shape index (κ3) is 1.64. The molecule has 0 saturated heterocycles. The fourth-order valence-corrected chi connectivity index (χ4v) is 2.19. The van der Waals surface area contributed by atoms with Crippen molar-refractivity contribution in [2.75, 3.05) is 11.4 Å². The summed E-state index contributed by atoms with van der Waals surface area (Å²) in [7, 11) is 0. The van der Waals surface area contributed by atoms with Crippen LogP contribution in [0.1, 0.15) is 11.1 Å². The summed E-state index contributed by atoms with van der Waals surface area (Å²) in [4.78, 5) is 6.58. The monoisotopic (exact) mass is 221 g/mol. The Morgan fingerprint density at radius 1 is 1.24 bits per heavy atom. The van der Waals surface area contributed by atoms with Gasteiger partial charge in [-0.3, -0.25) is 0 Å². The van der Waals surface area contributed by atoms with Crippen LogP contribution in [0.3, 0.4) is 0 Å². The first-order chi connectivity index (χ1) is 8.38. The van der Waals surface area contributed by atoms with Crippen LogP contribution in [0.5, 0.6) is 0 Å². The summed E-state index contributed by atoms with van der Waals surface area (Å²) in [6, 6.07) is 14.3. The molecule has 0 N–H and O–H groups in total. The number of rotatable bonds is 1. The molecule has 3 rings (SSSR count). The predicted octanol–water partition coefficient (Wildman–Crippen LogP) is 2.65. The standard InChI is InChI=1S/C14H11N3/c15-9-11-8-12-6-7-17(14(12)16-10-11)13-4-2-1-3-5-13/h1-5,8,10H,6-7H2. The Morgan fingerprint density at radius 3 is 2.82 bits per heavy atom. The topological polar surface area (TPSA) is 39.9 Å². The molecular weight excluding hydrogens is 210 g/mol. The average Bonchev–Trinajstić information content (AvgIpc) is 2.82. The maximum Gasteiger partial charge on any atom is 0.136 e. The highest BCUT2D eigenvalue weighted by atomic mass is 15.2. The molecule has 82 valence electrons. The van der Waals surface area contributed by atoms with Crippen LogP contribution < -0.4 is 4.90 Å². The molecule has 0 amide bonds. The molecule has 0 radical (unpaired) electrons. The van der Waals surface area contributed by atoms with E-state index in [0.29, 0.717) is 5.56 Å². The molecule has 3 heteroatoms. The lowest BCUT2D eigenvalue weighted by Gasteiger charge is -2.17. The number of benzene rings is 1. The lowest BCUT2D eigenvalue weighted by Crippen LogP contribution is -2.13. The van der Waals surface area contributed by atoms with Crippen LogP contribution in [0.2, 0.25) is 0 Å². The van der Waals surface area contributed by atoms with Crippen LogP contribution in [0.25, 0.3) is 0 Å². The molecule has 0 aliphatic carbocycles. The van der Waals surface area contributed by atoms with E-state index < -0.39 is 0 Å². The van der Waals surface area contributed by atoms with Crippen molar-refractivity contribution in [3.8, 4) is 6.07 Å². The lowest BCUT2D eigenvalue weighted by atomic mass is 10.2. The first-order valence-corrected chi connectivity index (χ1v) is 5.60. The van der Waals surface area contributed by atoms with Crippen molar-refractivity contribution in [3.63, 3.8) is 0 Å². The van der Waals surface area contributed by atoms with Gasteiger partial charge in [0, 0.05) is 18.4 Å². The molecule has 1 aromatic carbocycles. The molecule has 0 bridgehead atoms. The molecule has 1 aliphatic rings. The minimum atomic E-state index is 0.638. The third-order valence-corrected chi connectivity index (χ3v) is 3.00. The number of anilines is 2. The molecular formula is C14H11N3. The second kappa shape index (κ2) is 3.91. The van der Waals surface area contributed by atoms with Gasteiger partial charge in [0.15, 0.2) is 0 Å². The molecule has 0 fully saturated rings. The fraction of sp³-hybridized carbons (Fsp3) is 0.143. The van der Waals surface area contributed by atoms with E-state index in [9.17, 15) is 0 Å². The number of aromatic nitrogens is 1. The highest BCUT2D eigenvalue weighted by molar-refractivity contribution is 5.66. The summed E-state index contributed by atoms with van der Waals surface area (Å²) in [6.07, 6.45) is 2.59. The Labute approximate surface area is 99.9 Å². The van der Waals surface area contributed by atoms with E-state index in [0.717, 1.165) is 30.0 Å². The van der Waals surface area contributed by atoms with Gasteiger partial charge in [-0.25, -0.2) is 4.98 Å². The number of nitrogens with zero attached hydrogens (tertiary/aromatic N) is 3. The van der Waals surface area contributed by atoms with Crippen molar-refractivity contribution < 1.29 is 0 Å². The van der Waals surface area contributed by atoms with E-state index in [4.69, 9.17) is 5.26 Å². The van der Waals surface area contributed by atoms with E-state index in [1.54, 1.807) is 6.20 Å². The molecule has 1 aromatic heterocycles. The maximum absolute atomic E-state index is 8.85. The highest BCUT2D eigenvalue weighted by Gasteiger charge is 2.21. The number of pyridine rings is 1. The normalized spacial score (nSPS) is 13.2. The van der Waals surface area contributed by atoms with Gasteiger partial charge in [0.2, 0.25) is 0 Å². The lowest BCUT2D eigenvalue weighted by molar-refractivity contribution is 0.990. The molecule has 17 heavy (non-hydrogen) atoms. The zero-order chi connectivity index (χ0) is 11.7. The van der Waals surface area contributed by atoms with Gasteiger partial charge in [0.05, 0.1) is 5.56 Å². The second-order valence-electron chi connectivity index (χ2n) is 4.06. The highest BCUT2D eigenvalue weighted by Crippen LogP contribution is 2.32. The van der Waals surface area contributed by atoms with E-state index in [1.807, 2.05) is 24.3 Å². The quantitative estimate of drug-likeness (QED) is 0.743. The van der Waals surface area contributed by atoms with Gasteiger partial charge in [-0.05, 0) is 30.2 Å². The summed E-state index contributed by atoms with van der Waals surface area (Å²) < 4.78 is 0. The zero-order valence-electron chi connectivity index (χ0n) is 9.30. The fourth-order valence-electron chi connectivity index (χ4n) is 2.19. The molecule has 0 atom stereocenters. The zero-order valence-corrected chi connectivity index (χ0v) is 9.30. The Balaban J connectivity index is 2.03. The van der Waals surface area contributed by atoms with Gasteiger partial charge < -0.3 is 4.90 Å². The SMILES string of the molecule is N#Cc1cnc2c(c1)CCN2c1ccccc1. The molecule has 0 spiro atoms. The number of nitriles is 1. The number of hydrogen-bond donors (Lipinski definition) is 0. The van der Waals surface area contributed by atoms with Crippen LogP contribution in [-0.2, 0) is 6.42 Å². The first-order valence-electron chi connectivity index (χ1n) is 5.60. The number of fused-ring (bicyclic) bond motifs is 1. The maximum atomic E-state index is 8.85. The van der Waals surface area contributed by atoms with Crippen molar-refractivity contribution in [2.45, 2.75) is 6.42 Å². The van der Waals surface area contributed by atoms with Crippen LogP contribution in [-0.4, -0.2) is 11.5 Å². The van der Waals surface area contributed by atoms with Crippen LogP contribution in [0.4, 0.5) is 11.5 Å². The Kier molecular flexibility index (Phi) is 2.27. The summed E-state index contributed by atoms with van der Waals surface area (Å²) in [5.74, 6) is 0.982. The van der Waals surface area contributed by atoms with Crippen molar-refractivity contribution in [3.05, 3.63) is 53.7 Å². The second-order valence-corrected chi connectivity index (χ2v) is 4.06. The van der Waals surface area contributed by atoms with E-state index in [1.165, 1.54) is 0 Å². The van der Waals surface area contributed by atoms with Gasteiger partial charge in [0.25, 0.3) is 0 Å². The smallest absolute Gasteiger partial charge is 0.136 e. The van der Waals surface area contributed by atoms with Gasteiger partial charge in [0.1, 0.15) is 11.9 Å². The van der Waals surface area contributed by atoms with Gasteiger partial charge in [-0.2, -0.15) is 5.26 Å². The van der Waals surface area contributed by atoms with Crippen LogP contribution >= 0.6 is 0 Å². The van der Waals surface area contributed by atoms with Crippen molar-refractivity contribution in [1.82, 2.24) is 4.98 Å². The summed E-state index contributed by atoms with van der Waals surface area (Å²) in [5, 5.41) is 8.85. The van der Waals surface area contributed by atoms with Gasteiger partial charge >= 0.3 is 0 Å². The number of para-hydroxylation sites is 1. The Morgan fingerprint density at radius 2 is 2.06 bits per heavy atom. The van der Waals surface area contributed by atoms with Crippen LogP contribution in [0, 0.1) is 11.3 Å². The van der Waals surface area contributed by atoms with Gasteiger partial charge in [-0.15, -0.1) is 0 Å². The summed E-state index contributed by atoms with van der Waals surface area (Å²) >= 11 is 0. The van der Waals surface area contributed by atoms with Crippen LogP contribution in [0.15, 0.2) is 42.6 Å². The average molecular weight is 221 g/mol. The molecule has 2 aromatic rings. The molecule has 3 nitrogen and oxygen atoms in total. The van der Waals surface area contributed by atoms with Crippen molar-refractivity contribution in [1.29, 1.82) is 5.26 Å². The largest absolute Gasteiger partial charge is 0.326 e. The Hall–Kier alpha value is -2.34. The molecule has 0 saturated carbocycles. The minimum Gasteiger partial charge on any atom is -0.326 e. The number of hydrogen-bond acceptors (Lipinski definition) is 3. The summed E-state index contributed by atoms with van der Waals surface area (Å²) in [6.45, 7) is 0.932. The van der Waals surface area contributed by atoms with Crippen molar-refractivity contribution in [2.24, 2.45) is 0 Å². The first kappa shape index (κ1) is 9.86. The van der Waals surface area contributed by atoms with E-state index in [2.05, 4.69) is 28.1 Å². The van der Waals surface area contributed by atoms with E-state index >= 15 is 0 Å². The van der Waals surface area contributed by atoms with Gasteiger partial charge in [-0.1, -0.05) is 18.2 Å². The summed E-state index contributed by atoms with van der Waals surface area (Å²) in [5.41, 5.74) is 2.95. The third-order valence-electron chi connectivity index (χ3n) is 3.00. The van der Waals surface area contributed by atoms with E-state index in [-0.39, 0.29) is 0 Å². The Bertz CT molecular complexity index is 584. The van der Waals surface area contributed by atoms with Crippen molar-refractivity contribution >= 4 is 11.5 Å².